The molecule has 0 atom stereocenters. The summed E-state index contributed by atoms with van der Waals surface area (Å²) < 4.78 is 12.6. The number of amides is 2. The predicted octanol–water partition coefficient (Wildman–Crippen LogP) is 7.65. The molecule has 47 heavy (non-hydrogen) atoms. The number of carbonyl (C=O) groups is 3. The Balaban J connectivity index is 1.23. The summed E-state index contributed by atoms with van der Waals surface area (Å²) in [6, 6.07) is 36.8. The van der Waals surface area contributed by atoms with Crippen molar-refractivity contribution in [1.82, 2.24) is 9.88 Å². The Morgan fingerprint density at radius 1 is 0.745 bits per heavy atom. The standard InChI is InChI=1S/C38H31N3O5S/c1-45-28-19-20-35(46-2)26(21-28)22-32(40-37(43)25-11-4-3-5-12-25)38(44)39-27-13-10-14-29(23-27)47-24-36(42)41-33-17-8-6-15-30(33)31-16-7-9-18-34(31)41/h3-23H,24H2,1-2H3,(H,39,44)(H,40,43)/b32-22+. The Morgan fingerprint density at radius 3 is 2.11 bits per heavy atom. The number of aromatic nitrogens is 1. The van der Waals surface area contributed by atoms with Crippen LogP contribution in [0.1, 0.15) is 20.7 Å². The van der Waals surface area contributed by atoms with Crippen LogP contribution < -0.4 is 20.1 Å². The molecule has 234 valence electrons. The van der Waals surface area contributed by atoms with Crippen LogP contribution in [0.25, 0.3) is 27.9 Å². The van der Waals surface area contributed by atoms with Gasteiger partial charge < -0.3 is 20.1 Å². The van der Waals surface area contributed by atoms with Gasteiger partial charge in [-0.15, -0.1) is 11.8 Å². The molecule has 1 heterocycles. The molecule has 0 saturated heterocycles. The Hall–Kier alpha value is -5.80. The number of anilines is 1. The van der Waals surface area contributed by atoms with E-state index in [1.807, 2.05) is 60.7 Å². The highest BCUT2D eigenvalue weighted by Crippen LogP contribution is 2.30. The van der Waals surface area contributed by atoms with Gasteiger partial charge in [0.1, 0.15) is 17.2 Å². The number of methoxy groups -OCH3 is 2. The van der Waals surface area contributed by atoms with Crippen LogP contribution in [0.15, 0.2) is 132 Å². The van der Waals surface area contributed by atoms with E-state index in [0.29, 0.717) is 28.3 Å². The molecule has 2 N–H and O–H groups in total. The van der Waals surface area contributed by atoms with Gasteiger partial charge in [-0.25, -0.2) is 0 Å². The Kier molecular flexibility index (Phi) is 9.36. The summed E-state index contributed by atoms with van der Waals surface area (Å²) in [5, 5.41) is 7.70. The van der Waals surface area contributed by atoms with E-state index in [2.05, 4.69) is 10.6 Å². The Labute approximate surface area is 276 Å². The second-order valence-corrected chi connectivity index (χ2v) is 11.6. The number of rotatable bonds is 10. The molecule has 2 amide bonds. The van der Waals surface area contributed by atoms with E-state index in [-0.39, 0.29) is 17.4 Å². The van der Waals surface area contributed by atoms with E-state index < -0.39 is 11.8 Å². The average Bonchev–Trinajstić information content (AvgIpc) is 3.45. The van der Waals surface area contributed by atoms with Gasteiger partial charge in [-0.3, -0.25) is 19.0 Å². The number of ether oxygens (including phenoxy) is 2. The molecular formula is C38H31N3O5S. The van der Waals surface area contributed by atoms with Crippen LogP contribution in [0.3, 0.4) is 0 Å². The van der Waals surface area contributed by atoms with Crippen LogP contribution >= 0.6 is 11.8 Å². The number of carbonyl (C=O) groups excluding carboxylic acids is 3. The van der Waals surface area contributed by atoms with Crippen molar-refractivity contribution >= 4 is 63.1 Å². The molecule has 1 aromatic heterocycles. The molecule has 0 unspecified atom stereocenters. The zero-order chi connectivity index (χ0) is 32.8. The molecule has 9 heteroatoms. The van der Waals surface area contributed by atoms with E-state index in [4.69, 9.17) is 9.47 Å². The molecule has 0 aliphatic carbocycles. The molecule has 5 aromatic carbocycles. The lowest BCUT2D eigenvalue weighted by molar-refractivity contribution is -0.113. The summed E-state index contributed by atoms with van der Waals surface area (Å²) in [5.41, 5.74) is 3.18. The minimum absolute atomic E-state index is 0.00463. The fraction of sp³-hybridized carbons (Fsp3) is 0.0789. The summed E-state index contributed by atoms with van der Waals surface area (Å²) >= 11 is 1.38. The third-order valence-corrected chi connectivity index (χ3v) is 8.53. The first kappa shape index (κ1) is 31.2. The van der Waals surface area contributed by atoms with Crippen LogP contribution in [0.4, 0.5) is 5.69 Å². The van der Waals surface area contributed by atoms with Crippen LogP contribution in [0.5, 0.6) is 11.5 Å². The molecule has 0 spiro atoms. The SMILES string of the molecule is COc1ccc(OC)c(/C=C(/NC(=O)c2ccccc2)C(=O)Nc2cccc(SCC(=O)n3c4ccccc4c4ccccc43)c2)c1. The summed E-state index contributed by atoms with van der Waals surface area (Å²) in [4.78, 5) is 41.2. The van der Waals surface area contributed by atoms with Crippen LogP contribution in [-0.4, -0.2) is 42.3 Å². The quantitative estimate of drug-likeness (QED) is 0.118. The first-order valence-electron chi connectivity index (χ1n) is 14.8. The van der Waals surface area contributed by atoms with Crippen LogP contribution in [0.2, 0.25) is 0 Å². The lowest BCUT2D eigenvalue weighted by atomic mass is 10.1. The van der Waals surface area contributed by atoms with Crippen molar-refractivity contribution < 1.29 is 23.9 Å². The Morgan fingerprint density at radius 2 is 1.43 bits per heavy atom. The monoisotopic (exact) mass is 641 g/mol. The molecule has 0 aliphatic rings. The molecule has 0 fully saturated rings. The van der Waals surface area contributed by atoms with Gasteiger partial charge in [0, 0.05) is 32.5 Å². The lowest BCUT2D eigenvalue weighted by Crippen LogP contribution is -2.30. The van der Waals surface area contributed by atoms with Gasteiger partial charge >= 0.3 is 0 Å². The molecule has 0 saturated carbocycles. The summed E-state index contributed by atoms with van der Waals surface area (Å²) in [6.07, 6.45) is 1.54. The fourth-order valence-corrected chi connectivity index (χ4v) is 6.12. The van der Waals surface area contributed by atoms with E-state index in [1.54, 1.807) is 78.4 Å². The summed E-state index contributed by atoms with van der Waals surface area (Å²) in [5.74, 6) is 0.212. The number of benzene rings is 5. The first-order chi connectivity index (χ1) is 22.9. The predicted molar refractivity (Wildman–Crippen MR) is 187 cm³/mol. The lowest BCUT2D eigenvalue weighted by Gasteiger charge is -2.14. The molecule has 0 radical (unpaired) electrons. The van der Waals surface area contributed by atoms with E-state index in [9.17, 15) is 14.4 Å². The van der Waals surface area contributed by atoms with E-state index >= 15 is 0 Å². The van der Waals surface area contributed by atoms with E-state index in [1.165, 1.54) is 18.9 Å². The minimum atomic E-state index is -0.539. The van der Waals surface area contributed by atoms with E-state index in [0.717, 1.165) is 26.7 Å². The second-order valence-electron chi connectivity index (χ2n) is 10.5. The molecule has 0 aliphatic heterocycles. The van der Waals surface area contributed by atoms with Crippen molar-refractivity contribution in [2.75, 3.05) is 25.3 Å². The highest BCUT2D eigenvalue weighted by Gasteiger charge is 2.18. The minimum Gasteiger partial charge on any atom is -0.497 e. The van der Waals surface area contributed by atoms with Crippen LogP contribution in [0, 0.1) is 0 Å². The van der Waals surface area contributed by atoms with Crippen molar-refractivity contribution in [3.8, 4) is 11.5 Å². The maximum absolute atomic E-state index is 13.7. The fourth-order valence-electron chi connectivity index (χ4n) is 5.31. The number of nitrogens with zero attached hydrogens (tertiary/aromatic N) is 1. The molecule has 8 nitrogen and oxygen atoms in total. The van der Waals surface area contributed by atoms with Crippen LogP contribution in [-0.2, 0) is 4.79 Å². The third kappa shape index (κ3) is 6.90. The number of hydrogen-bond donors (Lipinski definition) is 2. The normalized spacial score (nSPS) is 11.3. The van der Waals surface area contributed by atoms with Gasteiger partial charge in [0.15, 0.2) is 0 Å². The smallest absolute Gasteiger partial charge is 0.272 e. The number of fused-ring (bicyclic) bond motifs is 3. The summed E-state index contributed by atoms with van der Waals surface area (Å²) in [6.45, 7) is 0. The van der Waals surface area contributed by atoms with Crippen molar-refractivity contribution in [3.63, 3.8) is 0 Å². The number of hydrogen-bond acceptors (Lipinski definition) is 6. The zero-order valence-corrected chi connectivity index (χ0v) is 26.5. The topological polar surface area (TPSA) is 98.7 Å². The number of para-hydroxylation sites is 2. The van der Waals surface area contributed by atoms with Gasteiger partial charge in [-0.2, -0.15) is 0 Å². The van der Waals surface area contributed by atoms with Crippen molar-refractivity contribution in [2.24, 2.45) is 0 Å². The Bertz CT molecular complexity index is 2090. The maximum atomic E-state index is 13.7. The highest BCUT2D eigenvalue weighted by atomic mass is 32.2. The number of thioether (sulfide) groups is 1. The van der Waals surface area contributed by atoms with Crippen molar-refractivity contribution in [3.05, 3.63) is 138 Å². The van der Waals surface area contributed by atoms with Gasteiger partial charge in [0.05, 0.1) is 31.0 Å². The number of nitrogens with one attached hydrogen (secondary N) is 2. The van der Waals surface area contributed by atoms with Gasteiger partial charge in [-0.05, 0) is 66.7 Å². The molecule has 6 aromatic rings. The molecule has 6 rings (SSSR count). The van der Waals surface area contributed by atoms with Gasteiger partial charge in [0.2, 0.25) is 5.91 Å². The first-order valence-corrected chi connectivity index (χ1v) is 15.8. The highest BCUT2D eigenvalue weighted by molar-refractivity contribution is 8.00. The van der Waals surface area contributed by atoms with Gasteiger partial charge in [-0.1, -0.05) is 60.7 Å². The molecule has 0 bridgehead atoms. The van der Waals surface area contributed by atoms with Gasteiger partial charge in [0.25, 0.3) is 11.8 Å². The summed E-state index contributed by atoms with van der Waals surface area (Å²) in [7, 11) is 3.07. The largest absolute Gasteiger partial charge is 0.497 e. The zero-order valence-electron chi connectivity index (χ0n) is 25.7. The maximum Gasteiger partial charge on any atom is 0.272 e. The average molecular weight is 642 g/mol. The second kappa shape index (κ2) is 14.1. The molecular weight excluding hydrogens is 611 g/mol. The third-order valence-electron chi connectivity index (χ3n) is 7.55. The van der Waals surface area contributed by atoms with Crippen molar-refractivity contribution in [1.29, 1.82) is 0 Å². The van der Waals surface area contributed by atoms with Crippen molar-refractivity contribution in [2.45, 2.75) is 4.90 Å².